The molecule has 0 fully saturated rings. The molecule has 2 aromatic carbocycles. The van der Waals surface area contributed by atoms with Crippen molar-refractivity contribution in [3.05, 3.63) is 59.7 Å². The van der Waals surface area contributed by atoms with Crippen molar-refractivity contribution in [3.63, 3.8) is 0 Å². The molecule has 0 saturated carbocycles. The number of benzene rings is 2. The molecule has 0 radical (unpaired) electrons. The van der Waals surface area contributed by atoms with Crippen molar-refractivity contribution in [1.29, 1.82) is 0 Å². The first kappa shape index (κ1) is 15.1. The van der Waals surface area contributed by atoms with Gasteiger partial charge in [-0.15, -0.1) is 0 Å². The molecule has 1 amide bonds. The number of carbonyl (C=O) groups excluding carboxylic acids is 1. The van der Waals surface area contributed by atoms with E-state index in [1.165, 1.54) is 11.1 Å². The van der Waals surface area contributed by atoms with Crippen LogP contribution in [0.2, 0.25) is 0 Å². The second-order valence-electron chi connectivity index (χ2n) is 5.57. The van der Waals surface area contributed by atoms with Gasteiger partial charge in [0.15, 0.2) is 0 Å². The highest BCUT2D eigenvalue weighted by molar-refractivity contribution is 5.92. The molecule has 0 heterocycles. The molecule has 2 N–H and O–H groups in total. The summed E-state index contributed by atoms with van der Waals surface area (Å²) in [6.45, 7) is 6.62. The number of amides is 1. The van der Waals surface area contributed by atoms with E-state index >= 15 is 0 Å². The zero-order chi connectivity index (χ0) is 15.2. The van der Waals surface area contributed by atoms with E-state index in [0.717, 1.165) is 17.9 Å². The maximum absolute atomic E-state index is 11.7. The third kappa shape index (κ3) is 4.63. The van der Waals surface area contributed by atoms with Gasteiger partial charge in [0, 0.05) is 23.8 Å². The topological polar surface area (TPSA) is 41.1 Å². The lowest BCUT2D eigenvalue weighted by Gasteiger charge is -2.11. The second-order valence-corrected chi connectivity index (χ2v) is 5.57. The fourth-order valence-electron chi connectivity index (χ4n) is 2.02. The Kier molecular flexibility index (Phi) is 4.99. The lowest BCUT2D eigenvalue weighted by atomic mass is 10.1. The minimum atomic E-state index is -0.0195. The average molecular weight is 282 g/mol. The Morgan fingerprint density at radius 2 is 1.76 bits per heavy atom. The van der Waals surface area contributed by atoms with Gasteiger partial charge in [0.1, 0.15) is 0 Å². The third-order valence-electron chi connectivity index (χ3n) is 3.23. The molecule has 0 unspecified atom stereocenters. The van der Waals surface area contributed by atoms with Gasteiger partial charge in [0.25, 0.3) is 0 Å². The van der Waals surface area contributed by atoms with Gasteiger partial charge in [0.2, 0.25) is 5.91 Å². The normalized spacial score (nSPS) is 10.5. The summed E-state index contributed by atoms with van der Waals surface area (Å²) in [5.74, 6) is 0.0137. The van der Waals surface area contributed by atoms with Crippen LogP contribution in [-0.4, -0.2) is 5.91 Å². The minimum Gasteiger partial charge on any atom is -0.381 e. The van der Waals surface area contributed by atoms with Crippen molar-refractivity contribution in [2.45, 2.75) is 27.3 Å². The number of anilines is 2. The highest BCUT2D eigenvalue weighted by Gasteiger charge is 2.07. The molecule has 3 nitrogen and oxygen atoms in total. The molecule has 0 bridgehead atoms. The van der Waals surface area contributed by atoms with Crippen molar-refractivity contribution in [1.82, 2.24) is 0 Å². The van der Waals surface area contributed by atoms with Crippen molar-refractivity contribution >= 4 is 17.3 Å². The van der Waals surface area contributed by atoms with Gasteiger partial charge >= 0.3 is 0 Å². The predicted molar refractivity (Wildman–Crippen MR) is 88.4 cm³/mol. The van der Waals surface area contributed by atoms with E-state index < -0.39 is 0 Å². The second kappa shape index (κ2) is 6.93. The lowest BCUT2D eigenvalue weighted by molar-refractivity contribution is -0.118. The van der Waals surface area contributed by atoms with E-state index in [-0.39, 0.29) is 11.8 Å². The summed E-state index contributed by atoms with van der Waals surface area (Å²) in [5.41, 5.74) is 4.32. The van der Waals surface area contributed by atoms with Crippen LogP contribution in [0.3, 0.4) is 0 Å². The number of hydrogen-bond acceptors (Lipinski definition) is 2. The molecule has 2 aromatic rings. The number of carbonyl (C=O) groups is 1. The highest BCUT2D eigenvalue weighted by atomic mass is 16.1. The SMILES string of the molecule is Cc1cccc(CNc2cccc(NC(=O)C(C)C)c2)c1. The predicted octanol–water partition coefficient (Wildman–Crippen LogP) is 4.20. The van der Waals surface area contributed by atoms with Crippen LogP contribution in [0.5, 0.6) is 0 Å². The molecule has 110 valence electrons. The first-order chi connectivity index (χ1) is 10.0. The Hall–Kier alpha value is -2.29. The molecule has 0 atom stereocenters. The van der Waals surface area contributed by atoms with E-state index in [1.807, 2.05) is 38.1 Å². The third-order valence-corrected chi connectivity index (χ3v) is 3.23. The van der Waals surface area contributed by atoms with Crippen LogP contribution >= 0.6 is 0 Å². The van der Waals surface area contributed by atoms with Crippen LogP contribution in [0, 0.1) is 12.8 Å². The van der Waals surface area contributed by atoms with Crippen molar-refractivity contribution < 1.29 is 4.79 Å². The Balaban J connectivity index is 1.99. The first-order valence-corrected chi connectivity index (χ1v) is 7.25. The summed E-state index contributed by atoms with van der Waals surface area (Å²) in [6.07, 6.45) is 0. The monoisotopic (exact) mass is 282 g/mol. The molecular weight excluding hydrogens is 260 g/mol. The summed E-state index contributed by atoms with van der Waals surface area (Å²) in [5, 5.41) is 6.29. The molecule has 0 aromatic heterocycles. The molecule has 2 rings (SSSR count). The average Bonchev–Trinajstić information content (AvgIpc) is 2.45. The molecule has 0 aliphatic carbocycles. The molecule has 0 aliphatic rings. The fraction of sp³-hybridized carbons (Fsp3) is 0.278. The first-order valence-electron chi connectivity index (χ1n) is 7.25. The molecule has 0 spiro atoms. The maximum atomic E-state index is 11.7. The van der Waals surface area contributed by atoms with Crippen molar-refractivity contribution in [3.8, 4) is 0 Å². The number of hydrogen-bond donors (Lipinski definition) is 2. The van der Waals surface area contributed by atoms with Crippen LogP contribution in [-0.2, 0) is 11.3 Å². The fourth-order valence-corrected chi connectivity index (χ4v) is 2.02. The van der Waals surface area contributed by atoms with Crippen LogP contribution in [0.4, 0.5) is 11.4 Å². The Morgan fingerprint density at radius 1 is 1.05 bits per heavy atom. The van der Waals surface area contributed by atoms with Crippen LogP contribution in [0.25, 0.3) is 0 Å². The van der Waals surface area contributed by atoms with Crippen LogP contribution in [0.15, 0.2) is 48.5 Å². The number of nitrogens with one attached hydrogen (secondary N) is 2. The standard InChI is InChI=1S/C18H22N2O/c1-13(2)18(21)20-17-9-5-8-16(11-17)19-12-15-7-4-6-14(3)10-15/h4-11,13,19H,12H2,1-3H3,(H,20,21). The van der Waals surface area contributed by atoms with Gasteiger partial charge in [-0.3, -0.25) is 4.79 Å². The van der Waals surface area contributed by atoms with Crippen molar-refractivity contribution in [2.24, 2.45) is 5.92 Å². The van der Waals surface area contributed by atoms with E-state index in [1.54, 1.807) is 0 Å². The van der Waals surface area contributed by atoms with Gasteiger partial charge in [-0.2, -0.15) is 0 Å². The van der Waals surface area contributed by atoms with Gasteiger partial charge in [0.05, 0.1) is 0 Å². The van der Waals surface area contributed by atoms with Gasteiger partial charge in [-0.05, 0) is 30.7 Å². The number of aryl methyl sites for hydroxylation is 1. The Labute approximate surface area is 126 Å². The molecule has 3 heteroatoms. The number of rotatable bonds is 5. The summed E-state index contributed by atoms with van der Waals surface area (Å²) >= 11 is 0. The Bertz CT molecular complexity index is 620. The zero-order valence-electron chi connectivity index (χ0n) is 12.8. The van der Waals surface area contributed by atoms with E-state index in [0.29, 0.717) is 0 Å². The largest absolute Gasteiger partial charge is 0.381 e. The van der Waals surface area contributed by atoms with Gasteiger partial charge in [-0.25, -0.2) is 0 Å². The van der Waals surface area contributed by atoms with E-state index in [9.17, 15) is 4.79 Å². The van der Waals surface area contributed by atoms with E-state index in [2.05, 4.69) is 41.8 Å². The molecule has 0 aliphatic heterocycles. The summed E-state index contributed by atoms with van der Waals surface area (Å²) in [6, 6.07) is 16.2. The quantitative estimate of drug-likeness (QED) is 0.863. The van der Waals surface area contributed by atoms with E-state index in [4.69, 9.17) is 0 Å². The van der Waals surface area contributed by atoms with Gasteiger partial charge in [-0.1, -0.05) is 49.7 Å². The smallest absolute Gasteiger partial charge is 0.226 e. The highest BCUT2D eigenvalue weighted by Crippen LogP contribution is 2.17. The lowest BCUT2D eigenvalue weighted by Crippen LogP contribution is -2.17. The van der Waals surface area contributed by atoms with Gasteiger partial charge < -0.3 is 10.6 Å². The molecule has 0 saturated heterocycles. The Morgan fingerprint density at radius 3 is 2.48 bits per heavy atom. The van der Waals surface area contributed by atoms with Crippen LogP contribution in [0.1, 0.15) is 25.0 Å². The van der Waals surface area contributed by atoms with Crippen molar-refractivity contribution in [2.75, 3.05) is 10.6 Å². The van der Waals surface area contributed by atoms with Crippen LogP contribution < -0.4 is 10.6 Å². The summed E-state index contributed by atoms with van der Waals surface area (Å²) in [4.78, 5) is 11.7. The maximum Gasteiger partial charge on any atom is 0.226 e. The summed E-state index contributed by atoms with van der Waals surface area (Å²) in [7, 11) is 0. The zero-order valence-corrected chi connectivity index (χ0v) is 12.8. The molecule has 21 heavy (non-hydrogen) atoms. The molecular formula is C18H22N2O. The summed E-state index contributed by atoms with van der Waals surface area (Å²) < 4.78 is 0. The minimum absolute atomic E-state index is 0.0195.